The van der Waals surface area contributed by atoms with Crippen LogP contribution in [0, 0.1) is 0 Å². The van der Waals surface area contributed by atoms with Crippen LogP contribution in [0.5, 0.6) is 5.75 Å². The van der Waals surface area contributed by atoms with Crippen molar-refractivity contribution < 1.29 is 9.53 Å². The van der Waals surface area contributed by atoms with Gasteiger partial charge in [-0.3, -0.25) is 9.48 Å². The second-order valence-corrected chi connectivity index (χ2v) is 4.20. The molecule has 0 atom stereocenters. The van der Waals surface area contributed by atoms with Crippen LogP contribution < -0.4 is 10.1 Å². The molecule has 1 N–H and O–H groups in total. The standard InChI is InChI=1S/C13H14ClN3O2/c1-19-11-4-2-10(3-5-11)9-17-7-6-12(16-17)15-13(18)8-14/h2-7H,8-9H2,1H3,(H,15,16,18). The number of nitrogens with one attached hydrogen (secondary N) is 1. The molecule has 0 aliphatic carbocycles. The van der Waals surface area contributed by atoms with Crippen LogP contribution >= 0.6 is 11.6 Å². The first-order valence-corrected chi connectivity index (χ1v) is 6.27. The summed E-state index contributed by atoms with van der Waals surface area (Å²) in [7, 11) is 1.63. The number of anilines is 1. The summed E-state index contributed by atoms with van der Waals surface area (Å²) < 4.78 is 6.84. The Morgan fingerprint density at radius 1 is 1.37 bits per heavy atom. The highest BCUT2D eigenvalue weighted by molar-refractivity contribution is 6.28. The molecule has 0 aliphatic heterocycles. The van der Waals surface area contributed by atoms with Crippen LogP contribution in [-0.4, -0.2) is 28.7 Å². The van der Waals surface area contributed by atoms with Crippen molar-refractivity contribution in [1.29, 1.82) is 0 Å². The lowest BCUT2D eigenvalue weighted by Crippen LogP contribution is -2.13. The number of hydrogen-bond acceptors (Lipinski definition) is 3. The lowest BCUT2D eigenvalue weighted by molar-refractivity contribution is -0.113. The van der Waals surface area contributed by atoms with E-state index in [-0.39, 0.29) is 11.8 Å². The SMILES string of the molecule is COc1ccc(Cn2ccc(NC(=O)CCl)n2)cc1. The van der Waals surface area contributed by atoms with Crippen molar-refractivity contribution in [3.05, 3.63) is 42.1 Å². The summed E-state index contributed by atoms with van der Waals surface area (Å²) in [6.45, 7) is 0.626. The van der Waals surface area contributed by atoms with Gasteiger partial charge in [0.15, 0.2) is 5.82 Å². The molecular formula is C13H14ClN3O2. The van der Waals surface area contributed by atoms with Gasteiger partial charge in [-0.25, -0.2) is 0 Å². The highest BCUT2D eigenvalue weighted by atomic mass is 35.5. The topological polar surface area (TPSA) is 56.1 Å². The predicted octanol–water partition coefficient (Wildman–Crippen LogP) is 2.12. The monoisotopic (exact) mass is 279 g/mol. The third kappa shape index (κ3) is 3.72. The number of amides is 1. The second kappa shape index (κ2) is 6.24. The number of hydrogen-bond donors (Lipinski definition) is 1. The van der Waals surface area contributed by atoms with Crippen LogP contribution in [0.15, 0.2) is 36.5 Å². The first kappa shape index (κ1) is 13.4. The summed E-state index contributed by atoms with van der Waals surface area (Å²) in [5.74, 6) is 0.973. The minimum absolute atomic E-state index is 0.0780. The average molecular weight is 280 g/mol. The zero-order chi connectivity index (χ0) is 13.7. The largest absolute Gasteiger partial charge is 0.497 e. The zero-order valence-corrected chi connectivity index (χ0v) is 11.2. The Morgan fingerprint density at radius 2 is 2.11 bits per heavy atom. The summed E-state index contributed by atoms with van der Waals surface area (Å²) in [6, 6.07) is 9.47. The maximum absolute atomic E-state index is 11.1. The van der Waals surface area contributed by atoms with Crippen molar-refractivity contribution in [1.82, 2.24) is 9.78 Å². The molecule has 100 valence electrons. The van der Waals surface area contributed by atoms with Crippen molar-refractivity contribution in [2.45, 2.75) is 6.54 Å². The molecule has 6 heteroatoms. The van der Waals surface area contributed by atoms with E-state index < -0.39 is 0 Å². The molecule has 1 amide bonds. The van der Waals surface area contributed by atoms with E-state index in [1.807, 2.05) is 24.3 Å². The fourth-order valence-electron chi connectivity index (χ4n) is 1.61. The number of rotatable bonds is 5. The van der Waals surface area contributed by atoms with E-state index in [1.165, 1.54) is 0 Å². The van der Waals surface area contributed by atoms with Gasteiger partial charge >= 0.3 is 0 Å². The van der Waals surface area contributed by atoms with E-state index in [4.69, 9.17) is 16.3 Å². The summed E-state index contributed by atoms with van der Waals surface area (Å²) >= 11 is 5.41. The molecular weight excluding hydrogens is 266 g/mol. The summed E-state index contributed by atoms with van der Waals surface area (Å²) in [5.41, 5.74) is 1.10. The number of ether oxygens (including phenoxy) is 1. The molecule has 1 heterocycles. The van der Waals surface area contributed by atoms with E-state index >= 15 is 0 Å². The molecule has 2 aromatic rings. The van der Waals surface area contributed by atoms with Crippen LogP contribution in [0.3, 0.4) is 0 Å². The summed E-state index contributed by atoms with van der Waals surface area (Å²) in [6.07, 6.45) is 1.80. The maximum atomic E-state index is 11.1. The number of benzene rings is 1. The van der Waals surface area contributed by atoms with Gasteiger partial charge in [0.25, 0.3) is 0 Å². The maximum Gasteiger partial charge on any atom is 0.240 e. The van der Waals surface area contributed by atoms with Gasteiger partial charge in [-0.1, -0.05) is 12.1 Å². The van der Waals surface area contributed by atoms with Gasteiger partial charge in [0, 0.05) is 12.3 Å². The van der Waals surface area contributed by atoms with Gasteiger partial charge in [-0.15, -0.1) is 11.6 Å². The van der Waals surface area contributed by atoms with E-state index in [2.05, 4.69) is 10.4 Å². The lowest BCUT2D eigenvalue weighted by Gasteiger charge is -2.04. The number of methoxy groups -OCH3 is 1. The Labute approximate surface area is 116 Å². The number of alkyl halides is 1. The molecule has 1 aromatic carbocycles. The highest BCUT2D eigenvalue weighted by Gasteiger charge is 2.04. The molecule has 5 nitrogen and oxygen atoms in total. The van der Waals surface area contributed by atoms with Crippen LogP contribution in [0.2, 0.25) is 0 Å². The molecule has 19 heavy (non-hydrogen) atoms. The first-order chi connectivity index (χ1) is 9.21. The third-order valence-electron chi connectivity index (χ3n) is 2.53. The third-order valence-corrected chi connectivity index (χ3v) is 2.78. The van der Waals surface area contributed by atoms with Crippen molar-refractivity contribution in [2.24, 2.45) is 0 Å². The Kier molecular flexibility index (Phi) is 4.41. The number of halogens is 1. The Morgan fingerprint density at radius 3 is 2.74 bits per heavy atom. The molecule has 0 aliphatic rings. The normalized spacial score (nSPS) is 10.2. The highest BCUT2D eigenvalue weighted by Crippen LogP contribution is 2.12. The van der Waals surface area contributed by atoms with Gasteiger partial charge in [-0.2, -0.15) is 5.10 Å². The summed E-state index contributed by atoms with van der Waals surface area (Å²) in [5, 5.41) is 6.82. The second-order valence-electron chi connectivity index (χ2n) is 3.93. The predicted molar refractivity (Wildman–Crippen MR) is 73.7 cm³/mol. The van der Waals surface area contributed by atoms with Crippen molar-refractivity contribution >= 4 is 23.3 Å². The Hall–Kier alpha value is -2.01. The molecule has 0 bridgehead atoms. The van der Waals surface area contributed by atoms with Crippen LogP contribution in [0.4, 0.5) is 5.82 Å². The quantitative estimate of drug-likeness (QED) is 0.853. The number of nitrogens with zero attached hydrogens (tertiary/aromatic N) is 2. The average Bonchev–Trinajstić information content (AvgIpc) is 2.86. The van der Waals surface area contributed by atoms with Crippen molar-refractivity contribution in [2.75, 3.05) is 18.3 Å². The van der Waals surface area contributed by atoms with Gasteiger partial charge < -0.3 is 10.1 Å². The van der Waals surface area contributed by atoms with E-state index in [0.29, 0.717) is 12.4 Å². The van der Waals surface area contributed by atoms with E-state index in [1.54, 1.807) is 24.1 Å². The minimum atomic E-state index is -0.267. The Bertz CT molecular complexity index is 551. The molecule has 2 rings (SSSR count). The number of carbonyl (C=O) groups excluding carboxylic acids is 1. The fraction of sp³-hybridized carbons (Fsp3) is 0.231. The smallest absolute Gasteiger partial charge is 0.240 e. The first-order valence-electron chi connectivity index (χ1n) is 5.73. The molecule has 0 fully saturated rings. The van der Waals surface area contributed by atoms with E-state index in [9.17, 15) is 4.79 Å². The van der Waals surface area contributed by atoms with Gasteiger partial charge in [0.1, 0.15) is 11.6 Å². The van der Waals surface area contributed by atoms with Gasteiger partial charge in [-0.05, 0) is 17.7 Å². The van der Waals surface area contributed by atoms with Gasteiger partial charge in [0.05, 0.1) is 13.7 Å². The van der Waals surface area contributed by atoms with Crippen LogP contribution in [-0.2, 0) is 11.3 Å². The fourth-order valence-corrected chi connectivity index (χ4v) is 1.68. The van der Waals surface area contributed by atoms with Crippen LogP contribution in [0.25, 0.3) is 0 Å². The zero-order valence-electron chi connectivity index (χ0n) is 10.5. The van der Waals surface area contributed by atoms with Gasteiger partial charge in [0.2, 0.25) is 5.91 Å². The molecule has 1 aromatic heterocycles. The van der Waals surface area contributed by atoms with Crippen LogP contribution in [0.1, 0.15) is 5.56 Å². The van der Waals surface area contributed by atoms with E-state index in [0.717, 1.165) is 11.3 Å². The molecule has 0 saturated heterocycles. The van der Waals surface area contributed by atoms with Crippen molar-refractivity contribution in [3.63, 3.8) is 0 Å². The molecule has 0 saturated carbocycles. The summed E-state index contributed by atoms with van der Waals surface area (Å²) in [4.78, 5) is 11.1. The Balaban J connectivity index is 2.00. The molecule has 0 spiro atoms. The number of aromatic nitrogens is 2. The van der Waals surface area contributed by atoms with Crippen molar-refractivity contribution in [3.8, 4) is 5.75 Å². The minimum Gasteiger partial charge on any atom is -0.497 e. The lowest BCUT2D eigenvalue weighted by atomic mass is 10.2. The number of carbonyl (C=O) groups is 1. The molecule has 0 radical (unpaired) electrons. The molecule has 0 unspecified atom stereocenters.